The maximum atomic E-state index is 14.0. The number of ether oxygens (including phenoxy) is 1. The van der Waals surface area contributed by atoms with Crippen molar-refractivity contribution < 1.29 is 13.2 Å². The molecule has 5 rings (SSSR count). The van der Waals surface area contributed by atoms with Gasteiger partial charge in [-0.15, -0.1) is 22.7 Å². The maximum Gasteiger partial charge on any atom is 0.268 e. The van der Waals surface area contributed by atoms with Gasteiger partial charge in [0.15, 0.2) is 0 Å². The minimum Gasteiger partial charge on any atom is -0.497 e. The van der Waals surface area contributed by atoms with Crippen molar-refractivity contribution in [2.24, 2.45) is 0 Å². The van der Waals surface area contributed by atoms with Gasteiger partial charge in [0.1, 0.15) is 16.7 Å². The Hall–Kier alpha value is -3.09. The zero-order valence-corrected chi connectivity index (χ0v) is 20.4. The fourth-order valence-electron chi connectivity index (χ4n) is 3.83. The molecule has 5 aromatic rings. The summed E-state index contributed by atoms with van der Waals surface area (Å²) in [7, 11) is -2.49. The van der Waals surface area contributed by atoms with Gasteiger partial charge in [-0.25, -0.2) is 12.4 Å². The third-order valence-corrected chi connectivity index (χ3v) is 8.95. The zero-order chi connectivity index (χ0) is 23.2. The van der Waals surface area contributed by atoms with Gasteiger partial charge in [-0.3, -0.25) is 0 Å². The molecule has 0 N–H and O–H groups in total. The summed E-state index contributed by atoms with van der Waals surface area (Å²) >= 11 is 8.78. The lowest BCUT2D eigenvalue weighted by Gasteiger charge is -2.13. The molecule has 0 unspecified atom stereocenters. The normalized spacial score (nSPS) is 11.5. The topological polar surface area (TPSA) is 72.1 Å². The zero-order valence-electron chi connectivity index (χ0n) is 17.2. The van der Waals surface area contributed by atoms with Crippen LogP contribution in [0.4, 0.5) is 0 Å². The second-order valence-corrected chi connectivity index (χ2v) is 11.2. The first-order valence-electron chi connectivity index (χ1n) is 9.71. The second-order valence-electron chi connectivity index (χ2n) is 7.08. The van der Waals surface area contributed by atoms with Crippen LogP contribution in [-0.2, 0) is 10.0 Å². The van der Waals surface area contributed by atoms with E-state index in [9.17, 15) is 13.7 Å². The lowest BCUT2D eigenvalue weighted by Crippen LogP contribution is -2.14. The highest BCUT2D eigenvalue weighted by Gasteiger charge is 2.30. The number of nitrogens with zero attached hydrogens (tertiary/aromatic N) is 2. The van der Waals surface area contributed by atoms with E-state index in [4.69, 9.17) is 16.3 Å². The fraction of sp³-hybridized carbons (Fsp3) is 0.0417. The number of hydrogen-bond donors (Lipinski definition) is 0. The summed E-state index contributed by atoms with van der Waals surface area (Å²) in [6.07, 6.45) is 0. The van der Waals surface area contributed by atoms with Crippen molar-refractivity contribution in [3.63, 3.8) is 0 Å². The molecular formula is C24H15ClN2O3S3. The molecule has 0 spiro atoms. The average molecular weight is 511 g/mol. The summed E-state index contributed by atoms with van der Waals surface area (Å²) in [5.74, 6) is 0.530. The summed E-state index contributed by atoms with van der Waals surface area (Å²) in [5, 5.41) is 14.6. The number of methoxy groups -OCH3 is 1. The Morgan fingerprint density at radius 2 is 1.82 bits per heavy atom. The van der Waals surface area contributed by atoms with Crippen LogP contribution in [0.2, 0.25) is 5.02 Å². The lowest BCUT2D eigenvalue weighted by molar-refractivity contribution is 0.415. The average Bonchev–Trinajstić information content (AvgIpc) is 3.56. The van der Waals surface area contributed by atoms with Gasteiger partial charge in [-0.05, 0) is 59.3 Å². The number of benzene rings is 2. The van der Waals surface area contributed by atoms with E-state index in [0.29, 0.717) is 43.4 Å². The van der Waals surface area contributed by atoms with E-state index in [0.717, 1.165) is 4.88 Å². The van der Waals surface area contributed by atoms with Crippen LogP contribution in [-0.4, -0.2) is 19.5 Å². The SMILES string of the molecule is COc1ccc2c(-c3ccsc3C#N)c(-c3cccs3)n(S(=O)(=O)c3ccc(Cl)cc3)c2c1. The van der Waals surface area contributed by atoms with Crippen molar-refractivity contribution >= 4 is 55.2 Å². The van der Waals surface area contributed by atoms with Crippen LogP contribution < -0.4 is 4.74 Å². The van der Waals surface area contributed by atoms with E-state index in [-0.39, 0.29) is 4.90 Å². The Morgan fingerprint density at radius 1 is 1.03 bits per heavy atom. The van der Waals surface area contributed by atoms with Crippen LogP contribution in [0.3, 0.4) is 0 Å². The Bertz CT molecular complexity index is 1620. The van der Waals surface area contributed by atoms with Gasteiger partial charge in [0.2, 0.25) is 0 Å². The van der Waals surface area contributed by atoms with Crippen LogP contribution in [0, 0.1) is 11.3 Å². The quantitative estimate of drug-likeness (QED) is 0.258. The maximum absolute atomic E-state index is 14.0. The Labute approximate surface area is 203 Å². The van der Waals surface area contributed by atoms with Gasteiger partial charge >= 0.3 is 0 Å². The largest absolute Gasteiger partial charge is 0.497 e. The fourth-order valence-corrected chi connectivity index (χ4v) is 7.00. The van der Waals surface area contributed by atoms with Gasteiger partial charge in [0, 0.05) is 27.6 Å². The molecule has 0 saturated carbocycles. The van der Waals surface area contributed by atoms with E-state index in [2.05, 4.69) is 6.07 Å². The van der Waals surface area contributed by atoms with Crippen molar-refractivity contribution in [1.82, 2.24) is 3.97 Å². The first-order chi connectivity index (χ1) is 16.0. The van der Waals surface area contributed by atoms with E-state index in [1.165, 1.54) is 45.9 Å². The minimum absolute atomic E-state index is 0.113. The summed E-state index contributed by atoms with van der Waals surface area (Å²) in [5.41, 5.74) is 2.38. The molecule has 0 aliphatic carbocycles. The third kappa shape index (κ3) is 3.54. The molecule has 33 heavy (non-hydrogen) atoms. The molecule has 3 heterocycles. The summed E-state index contributed by atoms with van der Waals surface area (Å²) in [4.78, 5) is 1.40. The summed E-state index contributed by atoms with van der Waals surface area (Å²) < 4.78 is 34.8. The molecule has 5 nitrogen and oxygen atoms in total. The summed E-state index contributed by atoms with van der Waals surface area (Å²) in [6, 6.07) is 19.3. The molecule has 0 bridgehead atoms. The van der Waals surface area contributed by atoms with Crippen LogP contribution >= 0.6 is 34.3 Å². The predicted molar refractivity (Wildman–Crippen MR) is 134 cm³/mol. The first-order valence-corrected chi connectivity index (χ1v) is 13.3. The molecular weight excluding hydrogens is 496 g/mol. The van der Waals surface area contributed by atoms with E-state index in [1.54, 1.807) is 24.3 Å². The Kier molecular flexibility index (Phi) is 5.51. The van der Waals surface area contributed by atoms with Gasteiger partial charge < -0.3 is 4.74 Å². The number of nitriles is 1. The van der Waals surface area contributed by atoms with Crippen molar-refractivity contribution in [3.05, 3.63) is 81.3 Å². The molecule has 9 heteroatoms. The molecule has 164 valence electrons. The van der Waals surface area contributed by atoms with Gasteiger partial charge in [0.05, 0.1) is 28.1 Å². The monoisotopic (exact) mass is 510 g/mol. The van der Waals surface area contributed by atoms with E-state index >= 15 is 0 Å². The van der Waals surface area contributed by atoms with Crippen molar-refractivity contribution in [1.29, 1.82) is 5.26 Å². The number of aromatic nitrogens is 1. The smallest absolute Gasteiger partial charge is 0.268 e. The van der Waals surface area contributed by atoms with Crippen molar-refractivity contribution in [3.8, 4) is 33.5 Å². The number of hydrogen-bond acceptors (Lipinski definition) is 6. The molecule has 2 aromatic carbocycles. The van der Waals surface area contributed by atoms with E-state index < -0.39 is 10.0 Å². The molecule has 0 aliphatic heterocycles. The minimum atomic E-state index is -4.02. The Morgan fingerprint density at radius 3 is 2.48 bits per heavy atom. The molecule has 0 aliphatic rings. The third-order valence-electron chi connectivity index (χ3n) is 5.28. The summed E-state index contributed by atoms with van der Waals surface area (Å²) in [6.45, 7) is 0. The number of thiophene rings is 2. The number of rotatable bonds is 5. The van der Waals surface area contributed by atoms with Crippen LogP contribution in [0.15, 0.2) is 76.3 Å². The molecule has 0 fully saturated rings. The van der Waals surface area contributed by atoms with Crippen molar-refractivity contribution in [2.75, 3.05) is 7.11 Å². The highest BCUT2D eigenvalue weighted by molar-refractivity contribution is 7.90. The Balaban J connectivity index is 1.98. The van der Waals surface area contributed by atoms with Crippen LogP contribution in [0.1, 0.15) is 4.88 Å². The molecule has 0 radical (unpaired) electrons. The molecule has 3 aromatic heterocycles. The second kappa shape index (κ2) is 8.36. The van der Waals surface area contributed by atoms with Crippen LogP contribution in [0.5, 0.6) is 5.75 Å². The van der Waals surface area contributed by atoms with Gasteiger partial charge in [-0.2, -0.15) is 5.26 Å². The highest BCUT2D eigenvalue weighted by Crippen LogP contribution is 2.46. The van der Waals surface area contributed by atoms with E-state index in [1.807, 2.05) is 35.0 Å². The van der Waals surface area contributed by atoms with Gasteiger partial charge in [0.25, 0.3) is 10.0 Å². The predicted octanol–water partition coefficient (Wildman–Crippen LogP) is 6.87. The van der Waals surface area contributed by atoms with Crippen molar-refractivity contribution in [2.45, 2.75) is 4.90 Å². The number of fused-ring (bicyclic) bond motifs is 1. The molecule has 0 atom stereocenters. The van der Waals surface area contributed by atoms with Crippen LogP contribution in [0.25, 0.3) is 32.6 Å². The molecule has 0 amide bonds. The molecule has 0 saturated heterocycles. The number of halogens is 1. The highest BCUT2D eigenvalue weighted by atomic mass is 35.5. The lowest BCUT2D eigenvalue weighted by atomic mass is 10.0. The first kappa shape index (κ1) is 21.7. The van der Waals surface area contributed by atoms with Gasteiger partial charge in [-0.1, -0.05) is 17.7 Å². The standard InChI is InChI=1S/C24H15ClN2O3S3/c1-30-16-6-9-18-20(13-16)27(33(28,29)17-7-4-15(25)5-8-17)24(21-3-2-11-31-21)23(18)19-10-12-32-22(19)14-26/h2-13H,1H3.